The molecule has 0 aliphatic carbocycles. The molecule has 5 heteroatoms. The zero-order chi connectivity index (χ0) is 15.3. The molecule has 0 spiro atoms. The summed E-state index contributed by atoms with van der Waals surface area (Å²) >= 11 is 0. The van der Waals surface area contributed by atoms with Crippen molar-refractivity contribution in [2.45, 2.75) is 71.1 Å². The maximum Gasteiger partial charge on any atom is 0.0946 e. The third kappa shape index (κ3) is 15.9. The number of unbranched alkanes of at least 4 members (excludes halogenated alkanes) is 8. The summed E-state index contributed by atoms with van der Waals surface area (Å²) in [5.41, 5.74) is 0. The van der Waals surface area contributed by atoms with Gasteiger partial charge in [-0.1, -0.05) is 58.3 Å². The van der Waals surface area contributed by atoms with E-state index in [0.717, 1.165) is 13.0 Å². The van der Waals surface area contributed by atoms with Crippen LogP contribution in [0, 0.1) is 0 Å². The van der Waals surface area contributed by atoms with Crippen LogP contribution in [0.4, 0.5) is 0 Å². The molecular formula is C15H32NO3S-. The van der Waals surface area contributed by atoms with Gasteiger partial charge in [0.05, 0.1) is 10.1 Å². The zero-order valence-electron chi connectivity index (χ0n) is 13.3. The van der Waals surface area contributed by atoms with Gasteiger partial charge in [0.1, 0.15) is 0 Å². The Morgan fingerprint density at radius 1 is 0.800 bits per heavy atom. The van der Waals surface area contributed by atoms with Gasteiger partial charge in [0.25, 0.3) is 0 Å². The molecule has 0 amide bonds. The summed E-state index contributed by atoms with van der Waals surface area (Å²) in [6.07, 6.45) is 12.3. The summed E-state index contributed by atoms with van der Waals surface area (Å²) in [5.74, 6) is -0.241. The molecule has 0 aliphatic rings. The Hall–Kier alpha value is -0.130. The zero-order valence-corrected chi connectivity index (χ0v) is 14.1. The maximum atomic E-state index is 10.5. The Balaban J connectivity index is 3.25. The Bertz CT molecular complexity index is 304. The number of hydrogen-bond acceptors (Lipinski definition) is 4. The van der Waals surface area contributed by atoms with Crippen LogP contribution in [0.2, 0.25) is 0 Å². The van der Waals surface area contributed by atoms with Gasteiger partial charge in [0.15, 0.2) is 0 Å². The Morgan fingerprint density at radius 3 is 1.75 bits per heavy atom. The number of hydrogen-bond donors (Lipinski definition) is 0. The first-order chi connectivity index (χ1) is 9.45. The van der Waals surface area contributed by atoms with Crippen LogP contribution < -0.4 is 0 Å². The minimum Gasteiger partial charge on any atom is -0.748 e. The van der Waals surface area contributed by atoms with Crippen LogP contribution >= 0.6 is 0 Å². The predicted octanol–water partition coefficient (Wildman–Crippen LogP) is 3.38. The van der Waals surface area contributed by atoms with Crippen LogP contribution in [0.3, 0.4) is 0 Å². The van der Waals surface area contributed by atoms with E-state index in [1.54, 1.807) is 0 Å². The standard InChI is InChI=1S/C15H33NO3S/c1-3-4-5-6-7-8-9-10-11-13-16(2)14-12-15-20(17,18)19/h3-15H2,1-2H3,(H,17,18,19)/p-1. The quantitative estimate of drug-likeness (QED) is 0.364. The average molecular weight is 306 g/mol. The molecule has 20 heavy (non-hydrogen) atoms. The molecule has 122 valence electrons. The largest absolute Gasteiger partial charge is 0.748 e. The van der Waals surface area contributed by atoms with Gasteiger partial charge in [-0.15, -0.1) is 0 Å². The van der Waals surface area contributed by atoms with Crippen molar-refractivity contribution in [3.05, 3.63) is 0 Å². The van der Waals surface area contributed by atoms with Gasteiger partial charge in [-0.05, 0) is 33.0 Å². The van der Waals surface area contributed by atoms with Crippen LogP contribution in [0.5, 0.6) is 0 Å². The molecule has 0 saturated heterocycles. The highest BCUT2D eigenvalue weighted by Crippen LogP contribution is 2.09. The molecule has 0 unspecified atom stereocenters. The Morgan fingerprint density at radius 2 is 1.25 bits per heavy atom. The van der Waals surface area contributed by atoms with Crippen molar-refractivity contribution < 1.29 is 13.0 Å². The van der Waals surface area contributed by atoms with Crippen molar-refractivity contribution in [2.24, 2.45) is 0 Å². The molecule has 0 bridgehead atoms. The van der Waals surface area contributed by atoms with Crippen molar-refractivity contribution in [2.75, 3.05) is 25.9 Å². The number of rotatable bonds is 14. The molecule has 0 heterocycles. The van der Waals surface area contributed by atoms with Crippen LogP contribution in [0.15, 0.2) is 0 Å². The highest BCUT2D eigenvalue weighted by atomic mass is 32.2. The molecule has 0 radical (unpaired) electrons. The molecule has 0 N–H and O–H groups in total. The van der Waals surface area contributed by atoms with E-state index in [0.29, 0.717) is 13.0 Å². The average Bonchev–Trinajstić information content (AvgIpc) is 2.35. The van der Waals surface area contributed by atoms with Gasteiger partial charge in [-0.25, -0.2) is 8.42 Å². The fourth-order valence-electron chi connectivity index (χ4n) is 2.32. The molecule has 0 aromatic heterocycles. The normalized spacial score (nSPS) is 12.2. The fourth-order valence-corrected chi connectivity index (χ4v) is 2.80. The fraction of sp³-hybridized carbons (Fsp3) is 1.00. The van der Waals surface area contributed by atoms with Gasteiger partial charge in [0, 0.05) is 5.75 Å². The van der Waals surface area contributed by atoms with Gasteiger partial charge >= 0.3 is 0 Å². The topological polar surface area (TPSA) is 60.4 Å². The van der Waals surface area contributed by atoms with Gasteiger partial charge in [-0.2, -0.15) is 0 Å². The monoisotopic (exact) mass is 306 g/mol. The Labute approximate surface area is 125 Å². The van der Waals surface area contributed by atoms with Crippen molar-refractivity contribution in [1.82, 2.24) is 4.90 Å². The van der Waals surface area contributed by atoms with Gasteiger partial charge in [-0.3, -0.25) is 0 Å². The van der Waals surface area contributed by atoms with Crippen LogP contribution in [0.1, 0.15) is 71.1 Å². The second-order valence-corrected chi connectivity index (χ2v) is 7.27. The first-order valence-electron chi connectivity index (χ1n) is 8.08. The minimum atomic E-state index is -4.04. The van der Waals surface area contributed by atoms with Gasteiger partial charge < -0.3 is 9.45 Å². The first-order valence-corrected chi connectivity index (χ1v) is 9.65. The maximum absolute atomic E-state index is 10.5. The van der Waals surface area contributed by atoms with Crippen molar-refractivity contribution >= 4 is 10.1 Å². The summed E-state index contributed by atoms with van der Waals surface area (Å²) in [6, 6.07) is 0. The smallest absolute Gasteiger partial charge is 0.0946 e. The molecule has 0 aromatic rings. The lowest BCUT2D eigenvalue weighted by atomic mass is 10.1. The molecule has 0 rings (SSSR count). The second-order valence-electron chi connectivity index (χ2n) is 5.75. The van der Waals surface area contributed by atoms with E-state index in [1.165, 1.54) is 51.4 Å². The van der Waals surface area contributed by atoms with E-state index in [1.807, 2.05) is 7.05 Å². The summed E-state index contributed by atoms with van der Waals surface area (Å²) in [7, 11) is -2.05. The van der Waals surface area contributed by atoms with E-state index in [-0.39, 0.29) is 5.75 Å². The SMILES string of the molecule is CCCCCCCCCCCN(C)CCCS(=O)(=O)[O-]. The third-order valence-corrected chi connectivity index (χ3v) is 4.37. The summed E-state index contributed by atoms with van der Waals surface area (Å²) in [5, 5.41) is 0. The predicted molar refractivity (Wildman–Crippen MR) is 83.9 cm³/mol. The number of nitrogens with zero attached hydrogens (tertiary/aromatic N) is 1. The summed E-state index contributed by atoms with van der Waals surface area (Å²) < 4.78 is 31.4. The second kappa shape index (κ2) is 12.6. The van der Waals surface area contributed by atoms with Crippen molar-refractivity contribution in [3.8, 4) is 0 Å². The van der Waals surface area contributed by atoms with E-state index in [2.05, 4.69) is 11.8 Å². The summed E-state index contributed by atoms with van der Waals surface area (Å²) in [6.45, 7) is 3.93. The summed E-state index contributed by atoms with van der Waals surface area (Å²) in [4.78, 5) is 2.12. The van der Waals surface area contributed by atoms with Gasteiger partial charge in [0.2, 0.25) is 0 Å². The van der Waals surface area contributed by atoms with Crippen molar-refractivity contribution in [3.63, 3.8) is 0 Å². The highest BCUT2D eigenvalue weighted by molar-refractivity contribution is 7.85. The van der Waals surface area contributed by atoms with E-state index in [9.17, 15) is 13.0 Å². The minimum absolute atomic E-state index is 0.241. The van der Waals surface area contributed by atoms with Crippen LogP contribution in [-0.4, -0.2) is 43.8 Å². The lowest BCUT2D eigenvalue weighted by molar-refractivity contribution is 0.323. The van der Waals surface area contributed by atoms with E-state index < -0.39 is 10.1 Å². The lowest BCUT2D eigenvalue weighted by Gasteiger charge is -2.16. The molecular weight excluding hydrogens is 274 g/mol. The van der Waals surface area contributed by atoms with E-state index >= 15 is 0 Å². The lowest BCUT2D eigenvalue weighted by Crippen LogP contribution is -2.22. The Kier molecular flexibility index (Phi) is 12.5. The molecule has 0 aliphatic heterocycles. The van der Waals surface area contributed by atoms with Crippen LogP contribution in [-0.2, 0) is 10.1 Å². The first kappa shape index (κ1) is 19.9. The molecule has 0 fully saturated rings. The molecule has 0 aromatic carbocycles. The molecule has 4 nitrogen and oxygen atoms in total. The third-order valence-electron chi connectivity index (χ3n) is 3.58. The molecule has 0 saturated carbocycles. The van der Waals surface area contributed by atoms with E-state index in [4.69, 9.17) is 0 Å². The van der Waals surface area contributed by atoms with Crippen molar-refractivity contribution in [1.29, 1.82) is 0 Å². The highest BCUT2D eigenvalue weighted by Gasteiger charge is 2.00. The molecule has 0 atom stereocenters. The van der Waals surface area contributed by atoms with Crippen LogP contribution in [0.25, 0.3) is 0 Å².